The van der Waals surface area contributed by atoms with Crippen LogP contribution < -0.4 is 0 Å². The van der Waals surface area contributed by atoms with Gasteiger partial charge in [0.25, 0.3) is 0 Å². The second-order valence-corrected chi connectivity index (χ2v) is 6.00. The van der Waals surface area contributed by atoms with Gasteiger partial charge in [0.2, 0.25) is 0 Å². The van der Waals surface area contributed by atoms with E-state index in [0.717, 1.165) is 16.6 Å². The molecule has 0 N–H and O–H groups in total. The summed E-state index contributed by atoms with van der Waals surface area (Å²) in [6.45, 7) is 3.78. The first-order valence-electron chi connectivity index (χ1n) is 7.45. The van der Waals surface area contributed by atoms with Crippen LogP contribution in [-0.4, -0.2) is 21.6 Å². The Morgan fingerprint density at radius 2 is 2.00 bits per heavy atom. The van der Waals surface area contributed by atoms with E-state index in [-0.39, 0.29) is 18.6 Å². The van der Waals surface area contributed by atoms with Gasteiger partial charge in [0.05, 0.1) is 17.1 Å². The van der Waals surface area contributed by atoms with Crippen LogP contribution in [0.25, 0.3) is 22.4 Å². The summed E-state index contributed by atoms with van der Waals surface area (Å²) in [5, 5.41) is 0.630. The van der Waals surface area contributed by atoms with E-state index in [1.807, 2.05) is 66.9 Å². The Hall–Kier alpha value is -2.33. The predicted octanol–water partition coefficient (Wildman–Crippen LogP) is 4.31. The van der Waals surface area contributed by atoms with Gasteiger partial charge in [-0.25, -0.2) is 4.98 Å². The molecule has 0 fully saturated rings. The Bertz CT molecular complexity index is 855. The maximum Gasteiger partial charge on any atom is 0.326 e. The van der Waals surface area contributed by atoms with Crippen LogP contribution in [0.2, 0.25) is 5.02 Å². The molecular weight excluding hydrogens is 312 g/mol. The van der Waals surface area contributed by atoms with E-state index in [9.17, 15) is 4.79 Å². The number of esters is 1. The number of hydrogen-bond acceptors (Lipinski definition) is 3. The minimum atomic E-state index is -0.286. The number of halogens is 1. The summed E-state index contributed by atoms with van der Waals surface area (Å²) in [4.78, 5) is 16.8. The summed E-state index contributed by atoms with van der Waals surface area (Å²) >= 11 is 6.09. The lowest BCUT2D eigenvalue weighted by molar-refractivity contribution is -0.147. The van der Waals surface area contributed by atoms with Gasteiger partial charge < -0.3 is 9.30 Å². The molecule has 0 atom stereocenters. The molecule has 0 bridgehead atoms. The Morgan fingerprint density at radius 1 is 1.22 bits per heavy atom. The van der Waals surface area contributed by atoms with Crippen LogP contribution >= 0.6 is 11.6 Å². The zero-order chi connectivity index (χ0) is 16.4. The van der Waals surface area contributed by atoms with Crippen LogP contribution in [-0.2, 0) is 16.1 Å². The summed E-state index contributed by atoms with van der Waals surface area (Å²) in [7, 11) is 0. The number of aromatic nitrogens is 2. The molecule has 0 saturated heterocycles. The van der Waals surface area contributed by atoms with Crippen molar-refractivity contribution < 1.29 is 9.53 Å². The van der Waals surface area contributed by atoms with Gasteiger partial charge in [-0.1, -0.05) is 35.9 Å². The minimum absolute atomic E-state index is 0.112. The minimum Gasteiger partial charge on any atom is -0.462 e. The van der Waals surface area contributed by atoms with Gasteiger partial charge in [0.15, 0.2) is 0 Å². The van der Waals surface area contributed by atoms with Crippen LogP contribution in [0.3, 0.4) is 0 Å². The molecule has 3 aromatic rings. The van der Waals surface area contributed by atoms with Crippen molar-refractivity contribution in [3.63, 3.8) is 0 Å². The quantitative estimate of drug-likeness (QED) is 0.670. The molecule has 5 heteroatoms. The molecule has 0 aliphatic heterocycles. The predicted molar refractivity (Wildman–Crippen MR) is 91.4 cm³/mol. The molecule has 23 heavy (non-hydrogen) atoms. The third kappa shape index (κ3) is 3.37. The zero-order valence-corrected chi connectivity index (χ0v) is 13.7. The molecule has 0 radical (unpaired) electrons. The highest BCUT2D eigenvalue weighted by atomic mass is 35.5. The van der Waals surface area contributed by atoms with Gasteiger partial charge in [-0.15, -0.1) is 0 Å². The number of ether oxygens (including phenoxy) is 1. The Kier molecular flexibility index (Phi) is 4.35. The van der Waals surface area contributed by atoms with Crippen LogP contribution in [0.5, 0.6) is 0 Å². The lowest BCUT2D eigenvalue weighted by atomic mass is 10.2. The molecule has 118 valence electrons. The number of hydrogen-bond donors (Lipinski definition) is 0. The number of imidazole rings is 1. The molecule has 1 aromatic heterocycles. The molecule has 0 aliphatic rings. The highest BCUT2D eigenvalue weighted by molar-refractivity contribution is 6.30. The topological polar surface area (TPSA) is 44.1 Å². The van der Waals surface area contributed by atoms with Crippen molar-refractivity contribution in [2.75, 3.05) is 0 Å². The Balaban J connectivity index is 2.10. The summed E-state index contributed by atoms with van der Waals surface area (Å²) in [6, 6.07) is 15.2. The van der Waals surface area contributed by atoms with Crippen molar-refractivity contribution in [3.05, 3.63) is 53.6 Å². The largest absolute Gasteiger partial charge is 0.462 e. The van der Waals surface area contributed by atoms with Crippen molar-refractivity contribution in [2.45, 2.75) is 26.5 Å². The lowest BCUT2D eigenvalue weighted by Gasteiger charge is -2.11. The summed E-state index contributed by atoms with van der Waals surface area (Å²) in [5.41, 5.74) is 2.59. The number of benzene rings is 2. The standard InChI is InChI=1S/C18H17ClN2O2/c1-12(2)23-17(22)11-21-16-9-4-3-8-15(16)20-18(21)13-6-5-7-14(19)10-13/h3-10,12H,11H2,1-2H3. The third-order valence-corrected chi connectivity index (χ3v) is 3.63. The van der Waals surface area contributed by atoms with E-state index in [1.165, 1.54) is 0 Å². The maximum absolute atomic E-state index is 12.1. The summed E-state index contributed by atoms with van der Waals surface area (Å²) in [6.07, 6.45) is -0.146. The zero-order valence-electron chi connectivity index (χ0n) is 13.0. The average molecular weight is 329 g/mol. The van der Waals surface area contributed by atoms with Crippen LogP contribution in [0, 0.1) is 0 Å². The first-order chi connectivity index (χ1) is 11.0. The second kappa shape index (κ2) is 6.42. The van der Waals surface area contributed by atoms with Crippen LogP contribution in [0.1, 0.15) is 13.8 Å². The number of para-hydroxylation sites is 2. The first-order valence-corrected chi connectivity index (χ1v) is 7.83. The molecule has 0 aliphatic carbocycles. The number of rotatable bonds is 4. The summed E-state index contributed by atoms with van der Waals surface area (Å²) < 4.78 is 7.14. The Morgan fingerprint density at radius 3 is 2.74 bits per heavy atom. The van der Waals surface area contributed by atoms with E-state index < -0.39 is 0 Å². The van der Waals surface area contributed by atoms with Crippen molar-refractivity contribution in [2.24, 2.45) is 0 Å². The van der Waals surface area contributed by atoms with Gasteiger partial charge in [-0.05, 0) is 38.1 Å². The van der Waals surface area contributed by atoms with Gasteiger partial charge in [-0.3, -0.25) is 4.79 Å². The average Bonchev–Trinajstić information content (AvgIpc) is 2.85. The van der Waals surface area contributed by atoms with E-state index in [2.05, 4.69) is 4.98 Å². The van der Waals surface area contributed by atoms with Gasteiger partial charge in [0, 0.05) is 10.6 Å². The summed E-state index contributed by atoms with van der Waals surface area (Å²) in [5.74, 6) is 0.417. The monoisotopic (exact) mass is 328 g/mol. The van der Waals surface area contributed by atoms with Crippen molar-refractivity contribution in [3.8, 4) is 11.4 Å². The van der Waals surface area contributed by atoms with E-state index in [0.29, 0.717) is 10.8 Å². The smallest absolute Gasteiger partial charge is 0.326 e. The van der Waals surface area contributed by atoms with Crippen LogP contribution in [0.15, 0.2) is 48.5 Å². The molecule has 3 rings (SSSR count). The van der Waals surface area contributed by atoms with Gasteiger partial charge >= 0.3 is 5.97 Å². The first kappa shape index (κ1) is 15.6. The van der Waals surface area contributed by atoms with Gasteiger partial charge in [-0.2, -0.15) is 0 Å². The maximum atomic E-state index is 12.1. The normalized spacial score (nSPS) is 11.1. The molecule has 4 nitrogen and oxygen atoms in total. The molecular formula is C18H17ClN2O2. The third-order valence-electron chi connectivity index (χ3n) is 3.39. The van der Waals surface area contributed by atoms with Crippen molar-refractivity contribution in [1.82, 2.24) is 9.55 Å². The molecule has 2 aromatic carbocycles. The van der Waals surface area contributed by atoms with Crippen LogP contribution in [0.4, 0.5) is 0 Å². The number of carbonyl (C=O) groups is 1. The van der Waals surface area contributed by atoms with E-state index in [4.69, 9.17) is 16.3 Å². The molecule has 0 spiro atoms. The number of fused-ring (bicyclic) bond motifs is 1. The highest BCUT2D eigenvalue weighted by Gasteiger charge is 2.16. The van der Waals surface area contributed by atoms with Crippen molar-refractivity contribution in [1.29, 1.82) is 0 Å². The fourth-order valence-corrected chi connectivity index (χ4v) is 2.70. The van der Waals surface area contributed by atoms with Gasteiger partial charge in [0.1, 0.15) is 12.4 Å². The fourth-order valence-electron chi connectivity index (χ4n) is 2.51. The van der Waals surface area contributed by atoms with E-state index in [1.54, 1.807) is 0 Å². The molecule has 0 unspecified atom stereocenters. The fraction of sp³-hybridized carbons (Fsp3) is 0.222. The highest BCUT2D eigenvalue weighted by Crippen LogP contribution is 2.26. The molecule has 1 heterocycles. The number of carbonyl (C=O) groups excluding carboxylic acids is 1. The lowest BCUT2D eigenvalue weighted by Crippen LogP contribution is -2.18. The molecule has 0 amide bonds. The second-order valence-electron chi connectivity index (χ2n) is 5.56. The SMILES string of the molecule is CC(C)OC(=O)Cn1c(-c2cccc(Cl)c2)nc2ccccc21. The number of nitrogens with zero attached hydrogens (tertiary/aromatic N) is 2. The molecule has 0 saturated carbocycles. The van der Waals surface area contributed by atoms with E-state index >= 15 is 0 Å². The Labute approximate surface area is 139 Å². The van der Waals surface area contributed by atoms with Crippen molar-refractivity contribution >= 4 is 28.6 Å².